The van der Waals surface area contributed by atoms with Crippen molar-refractivity contribution in [3.05, 3.63) is 35.4 Å². The third-order valence-corrected chi connectivity index (χ3v) is 4.51. The van der Waals surface area contributed by atoms with Gasteiger partial charge in [-0.25, -0.2) is 0 Å². The van der Waals surface area contributed by atoms with E-state index in [-0.39, 0.29) is 24.8 Å². The van der Waals surface area contributed by atoms with Crippen LogP contribution in [0.5, 0.6) is 0 Å². The Balaban J connectivity index is 2.04. The summed E-state index contributed by atoms with van der Waals surface area (Å²) in [7, 11) is 0. The Morgan fingerprint density at radius 3 is 2.35 bits per heavy atom. The highest BCUT2D eigenvalue weighted by molar-refractivity contribution is 5.88. The lowest BCUT2D eigenvalue weighted by atomic mass is 9.96. The van der Waals surface area contributed by atoms with Gasteiger partial charge in [0.1, 0.15) is 0 Å². The first-order valence-electron chi connectivity index (χ1n) is 8.13. The van der Waals surface area contributed by atoms with Gasteiger partial charge < -0.3 is 15.7 Å². The Kier molecular flexibility index (Phi) is 5.09. The van der Waals surface area contributed by atoms with Crippen LogP contribution in [0.3, 0.4) is 0 Å². The Hall–Kier alpha value is -1.88. The van der Waals surface area contributed by atoms with Crippen molar-refractivity contribution in [2.45, 2.75) is 45.1 Å². The maximum Gasteiger partial charge on any atom is 0.251 e. The maximum atomic E-state index is 12.6. The number of rotatable bonds is 5. The fourth-order valence-corrected chi connectivity index (χ4v) is 3.01. The topological polar surface area (TPSA) is 83.6 Å². The molecule has 126 valence electrons. The molecule has 0 bridgehead atoms. The van der Waals surface area contributed by atoms with Gasteiger partial charge in [0.2, 0.25) is 5.91 Å². The fourth-order valence-electron chi connectivity index (χ4n) is 3.01. The van der Waals surface area contributed by atoms with Crippen LogP contribution < -0.4 is 5.73 Å². The van der Waals surface area contributed by atoms with E-state index in [1.54, 1.807) is 0 Å². The molecule has 1 fully saturated rings. The van der Waals surface area contributed by atoms with Crippen LogP contribution in [0.4, 0.5) is 0 Å². The number of amides is 2. The van der Waals surface area contributed by atoms with Gasteiger partial charge in [0.25, 0.3) is 5.91 Å². The number of benzene rings is 1. The lowest BCUT2D eigenvalue weighted by Gasteiger charge is -2.23. The standard InChI is InChI=1S/C18H26N2O3/c1-12(2)10-14-4-6-15(7-5-14)13(3)16(21)20-9-8-18(23,11-20)17(19)22/h4-7,12-13,23H,8-11H2,1-3H3,(H2,19,22)/t13-,18-/m0/s1. The molecule has 5 heteroatoms. The summed E-state index contributed by atoms with van der Waals surface area (Å²) in [6.07, 6.45) is 1.22. The quantitative estimate of drug-likeness (QED) is 0.861. The second-order valence-electron chi connectivity index (χ2n) is 6.97. The first kappa shape index (κ1) is 17.5. The molecular formula is C18H26N2O3. The molecule has 1 aliphatic heterocycles. The zero-order chi connectivity index (χ0) is 17.2. The average Bonchev–Trinajstić information content (AvgIpc) is 2.90. The molecule has 0 aliphatic carbocycles. The first-order valence-corrected chi connectivity index (χ1v) is 8.13. The normalized spacial score (nSPS) is 22.4. The van der Waals surface area contributed by atoms with Gasteiger partial charge >= 0.3 is 0 Å². The summed E-state index contributed by atoms with van der Waals surface area (Å²) in [5, 5.41) is 10.1. The zero-order valence-corrected chi connectivity index (χ0v) is 14.1. The predicted octanol–water partition coefficient (Wildman–Crippen LogP) is 1.44. The van der Waals surface area contributed by atoms with Crippen molar-refractivity contribution in [3.8, 4) is 0 Å². The van der Waals surface area contributed by atoms with E-state index in [4.69, 9.17) is 5.73 Å². The summed E-state index contributed by atoms with van der Waals surface area (Å²) in [4.78, 5) is 25.4. The molecule has 2 amide bonds. The van der Waals surface area contributed by atoms with E-state index in [2.05, 4.69) is 26.0 Å². The lowest BCUT2D eigenvalue weighted by molar-refractivity contribution is -0.137. The number of hydrogen-bond acceptors (Lipinski definition) is 3. The molecule has 0 saturated carbocycles. The molecule has 0 spiro atoms. The Bertz CT molecular complexity index is 582. The summed E-state index contributed by atoms with van der Waals surface area (Å²) < 4.78 is 0. The van der Waals surface area contributed by atoms with Crippen molar-refractivity contribution in [2.24, 2.45) is 11.7 Å². The predicted molar refractivity (Wildman–Crippen MR) is 88.7 cm³/mol. The number of aliphatic hydroxyl groups is 1. The highest BCUT2D eigenvalue weighted by atomic mass is 16.3. The van der Waals surface area contributed by atoms with Crippen LogP contribution in [-0.4, -0.2) is 40.5 Å². The first-order chi connectivity index (χ1) is 10.7. The molecule has 1 aromatic carbocycles. The molecule has 23 heavy (non-hydrogen) atoms. The minimum Gasteiger partial charge on any atom is -0.378 e. The lowest BCUT2D eigenvalue weighted by Crippen LogP contribution is -2.47. The Morgan fingerprint density at radius 2 is 1.87 bits per heavy atom. The summed E-state index contributed by atoms with van der Waals surface area (Å²) in [6.45, 7) is 6.53. The van der Waals surface area contributed by atoms with Crippen molar-refractivity contribution in [2.75, 3.05) is 13.1 Å². The van der Waals surface area contributed by atoms with Crippen molar-refractivity contribution in [1.82, 2.24) is 4.90 Å². The smallest absolute Gasteiger partial charge is 0.251 e. The van der Waals surface area contributed by atoms with Gasteiger partial charge in [0.15, 0.2) is 5.60 Å². The van der Waals surface area contributed by atoms with Crippen molar-refractivity contribution >= 4 is 11.8 Å². The molecular weight excluding hydrogens is 292 g/mol. The molecule has 1 saturated heterocycles. The molecule has 0 unspecified atom stereocenters. The summed E-state index contributed by atoms with van der Waals surface area (Å²) in [6, 6.07) is 8.08. The van der Waals surface area contributed by atoms with Gasteiger partial charge in [-0.1, -0.05) is 38.1 Å². The number of primary amides is 1. The van der Waals surface area contributed by atoms with Crippen LogP contribution in [-0.2, 0) is 16.0 Å². The number of likely N-dealkylation sites (tertiary alicyclic amines) is 1. The minimum atomic E-state index is -1.59. The highest BCUT2D eigenvalue weighted by Crippen LogP contribution is 2.26. The number of carbonyl (C=O) groups is 2. The van der Waals surface area contributed by atoms with Gasteiger partial charge in [-0.3, -0.25) is 9.59 Å². The average molecular weight is 318 g/mol. The molecule has 1 aromatic rings. The minimum absolute atomic E-state index is 0.0169. The van der Waals surface area contributed by atoms with Gasteiger partial charge in [-0.2, -0.15) is 0 Å². The van der Waals surface area contributed by atoms with Crippen LogP contribution in [0.15, 0.2) is 24.3 Å². The van der Waals surface area contributed by atoms with Crippen LogP contribution >= 0.6 is 0 Å². The SMILES string of the molecule is CC(C)Cc1ccc([C@H](C)C(=O)N2CC[C@@](O)(C(N)=O)C2)cc1. The molecule has 1 aliphatic rings. The van der Waals surface area contributed by atoms with Crippen molar-refractivity contribution in [1.29, 1.82) is 0 Å². The maximum absolute atomic E-state index is 12.6. The number of nitrogens with two attached hydrogens (primary N) is 1. The van der Waals surface area contributed by atoms with E-state index < -0.39 is 11.5 Å². The molecule has 2 rings (SSSR count). The van der Waals surface area contributed by atoms with Gasteiger partial charge in [-0.05, 0) is 30.4 Å². The summed E-state index contributed by atoms with van der Waals surface area (Å²) in [5.41, 5.74) is 5.82. The second kappa shape index (κ2) is 6.71. The van der Waals surface area contributed by atoms with Gasteiger partial charge in [-0.15, -0.1) is 0 Å². The van der Waals surface area contributed by atoms with Crippen LogP contribution in [0.25, 0.3) is 0 Å². The monoisotopic (exact) mass is 318 g/mol. The molecule has 2 atom stereocenters. The summed E-state index contributed by atoms with van der Waals surface area (Å²) in [5.74, 6) is -0.563. The second-order valence-corrected chi connectivity index (χ2v) is 6.97. The number of nitrogens with zero attached hydrogens (tertiary/aromatic N) is 1. The molecule has 3 N–H and O–H groups in total. The summed E-state index contributed by atoms with van der Waals surface area (Å²) >= 11 is 0. The van der Waals surface area contributed by atoms with E-state index >= 15 is 0 Å². The van der Waals surface area contributed by atoms with Crippen LogP contribution in [0.1, 0.15) is 44.2 Å². The van der Waals surface area contributed by atoms with Crippen molar-refractivity contribution in [3.63, 3.8) is 0 Å². The van der Waals surface area contributed by atoms with E-state index in [9.17, 15) is 14.7 Å². The molecule has 1 heterocycles. The van der Waals surface area contributed by atoms with Gasteiger partial charge in [0.05, 0.1) is 12.5 Å². The van der Waals surface area contributed by atoms with E-state index in [0.717, 1.165) is 12.0 Å². The Morgan fingerprint density at radius 1 is 1.26 bits per heavy atom. The zero-order valence-electron chi connectivity index (χ0n) is 14.1. The number of β-amino-alcohol motifs (C(OH)–C–C–N with tert-alkyl or cyclic N) is 1. The molecule has 5 nitrogen and oxygen atoms in total. The third-order valence-electron chi connectivity index (χ3n) is 4.51. The van der Waals surface area contributed by atoms with Crippen LogP contribution in [0.2, 0.25) is 0 Å². The molecule has 0 radical (unpaired) electrons. The van der Waals surface area contributed by atoms with E-state index in [1.165, 1.54) is 10.5 Å². The van der Waals surface area contributed by atoms with E-state index in [0.29, 0.717) is 12.5 Å². The fraction of sp³-hybridized carbons (Fsp3) is 0.556. The number of carbonyl (C=O) groups excluding carboxylic acids is 2. The Labute approximate surface area is 137 Å². The van der Waals surface area contributed by atoms with Crippen LogP contribution in [0, 0.1) is 5.92 Å². The van der Waals surface area contributed by atoms with E-state index in [1.807, 2.05) is 19.1 Å². The number of hydrogen-bond donors (Lipinski definition) is 2. The third kappa shape index (κ3) is 3.91. The largest absolute Gasteiger partial charge is 0.378 e. The molecule has 0 aromatic heterocycles. The highest BCUT2D eigenvalue weighted by Gasteiger charge is 2.43. The van der Waals surface area contributed by atoms with Crippen molar-refractivity contribution < 1.29 is 14.7 Å². The van der Waals surface area contributed by atoms with Gasteiger partial charge in [0, 0.05) is 13.0 Å².